The number of nitrogens with zero attached hydrogens (tertiary/aromatic N) is 1. The summed E-state index contributed by atoms with van der Waals surface area (Å²) in [7, 11) is 0. The van der Waals surface area contributed by atoms with Gasteiger partial charge in [0.05, 0.1) is 6.07 Å². The molecule has 1 aromatic rings. The van der Waals surface area contributed by atoms with E-state index in [-0.39, 0.29) is 5.82 Å². The van der Waals surface area contributed by atoms with Crippen molar-refractivity contribution in [1.82, 2.24) is 9.97 Å². The molecule has 2 N–H and O–H groups in total. The van der Waals surface area contributed by atoms with Crippen LogP contribution in [0.5, 0.6) is 5.88 Å². The summed E-state index contributed by atoms with van der Waals surface area (Å²) in [6.07, 6.45) is -4.43. The molecule has 0 aliphatic carbocycles. The molecule has 0 spiro atoms. The van der Waals surface area contributed by atoms with Crippen LogP contribution in [0.4, 0.5) is 13.2 Å². The van der Waals surface area contributed by atoms with Gasteiger partial charge in [0.15, 0.2) is 0 Å². The summed E-state index contributed by atoms with van der Waals surface area (Å²) in [4.78, 5) is 16.2. The number of halogens is 3. The highest BCUT2D eigenvalue weighted by Crippen LogP contribution is 2.14. The fourth-order valence-corrected chi connectivity index (χ4v) is 0.826. The van der Waals surface area contributed by atoms with E-state index in [0.29, 0.717) is 0 Å². The Morgan fingerprint density at radius 2 is 2.20 bits per heavy atom. The molecule has 0 aliphatic heterocycles. The Hall–Kier alpha value is -1.57. The molecule has 0 amide bonds. The summed E-state index contributed by atoms with van der Waals surface area (Å²) in [5, 5.41) is 8.84. The molecule has 15 heavy (non-hydrogen) atoms. The van der Waals surface area contributed by atoms with Gasteiger partial charge in [-0.2, -0.15) is 18.2 Å². The lowest BCUT2D eigenvalue weighted by Crippen LogP contribution is -2.18. The lowest BCUT2D eigenvalue weighted by atomic mass is 10.5. The molecular weight excluding hydrogens is 217 g/mol. The monoisotopic (exact) mass is 224 g/mol. The molecular formula is C7H7F3N2O3. The normalized spacial score (nSPS) is 11.7. The first-order chi connectivity index (χ1) is 6.87. The zero-order valence-electron chi connectivity index (χ0n) is 7.34. The summed E-state index contributed by atoms with van der Waals surface area (Å²) >= 11 is 0. The van der Waals surface area contributed by atoms with Crippen LogP contribution in [0.3, 0.4) is 0 Å². The number of hydrogen-bond acceptors (Lipinski definition) is 4. The van der Waals surface area contributed by atoms with Crippen LogP contribution in [-0.2, 0) is 11.3 Å². The van der Waals surface area contributed by atoms with Gasteiger partial charge < -0.3 is 14.8 Å². The van der Waals surface area contributed by atoms with Gasteiger partial charge in [0.2, 0.25) is 5.88 Å². The second-order valence-corrected chi connectivity index (χ2v) is 2.66. The molecule has 0 radical (unpaired) electrons. The van der Waals surface area contributed by atoms with E-state index in [1.54, 1.807) is 0 Å². The molecule has 1 aromatic heterocycles. The van der Waals surface area contributed by atoms with Crippen molar-refractivity contribution in [1.29, 1.82) is 0 Å². The van der Waals surface area contributed by atoms with E-state index < -0.39 is 30.8 Å². The fourth-order valence-electron chi connectivity index (χ4n) is 0.826. The molecule has 0 unspecified atom stereocenters. The quantitative estimate of drug-likeness (QED) is 0.786. The van der Waals surface area contributed by atoms with Crippen molar-refractivity contribution in [2.24, 2.45) is 0 Å². The third-order valence-corrected chi connectivity index (χ3v) is 1.28. The van der Waals surface area contributed by atoms with Gasteiger partial charge in [0.25, 0.3) is 5.56 Å². The number of rotatable bonds is 3. The summed E-state index contributed by atoms with van der Waals surface area (Å²) in [5.74, 6) is -0.728. The first-order valence-corrected chi connectivity index (χ1v) is 3.80. The Labute approximate surface area is 81.5 Å². The first-order valence-electron chi connectivity index (χ1n) is 3.80. The molecule has 0 saturated carbocycles. The maximum absolute atomic E-state index is 11.7. The van der Waals surface area contributed by atoms with E-state index in [4.69, 9.17) is 5.11 Å². The van der Waals surface area contributed by atoms with Crippen LogP contribution in [0.2, 0.25) is 0 Å². The number of aromatic hydroxyl groups is 1. The van der Waals surface area contributed by atoms with E-state index in [0.717, 1.165) is 6.07 Å². The van der Waals surface area contributed by atoms with Crippen molar-refractivity contribution in [3.8, 4) is 5.88 Å². The minimum Gasteiger partial charge on any atom is -0.493 e. The molecule has 1 rings (SSSR count). The average Bonchev–Trinajstić information content (AvgIpc) is 1.99. The van der Waals surface area contributed by atoms with Gasteiger partial charge in [-0.15, -0.1) is 0 Å². The van der Waals surface area contributed by atoms with Crippen LogP contribution in [0.15, 0.2) is 10.9 Å². The summed E-state index contributed by atoms with van der Waals surface area (Å²) < 4.78 is 39.2. The number of aromatic nitrogens is 2. The minimum absolute atomic E-state index is 0.163. The topological polar surface area (TPSA) is 75.2 Å². The predicted molar refractivity (Wildman–Crippen MR) is 42.2 cm³/mol. The minimum atomic E-state index is -4.43. The van der Waals surface area contributed by atoms with Gasteiger partial charge in [-0.1, -0.05) is 0 Å². The summed E-state index contributed by atoms with van der Waals surface area (Å²) in [5.41, 5.74) is -0.659. The Balaban J connectivity index is 2.55. The molecule has 0 fully saturated rings. The second kappa shape index (κ2) is 4.30. The molecule has 0 bridgehead atoms. The van der Waals surface area contributed by atoms with Crippen LogP contribution in [0, 0.1) is 0 Å². The molecule has 1 heterocycles. The van der Waals surface area contributed by atoms with Gasteiger partial charge >= 0.3 is 6.18 Å². The van der Waals surface area contributed by atoms with Crippen molar-refractivity contribution in [2.45, 2.75) is 12.8 Å². The van der Waals surface area contributed by atoms with Crippen molar-refractivity contribution in [3.63, 3.8) is 0 Å². The summed E-state index contributed by atoms with van der Waals surface area (Å²) in [6, 6.07) is 0.799. The fraction of sp³-hybridized carbons (Fsp3) is 0.429. The third-order valence-electron chi connectivity index (χ3n) is 1.28. The Morgan fingerprint density at radius 3 is 2.73 bits per heavy atom. The first kappa shape index (κ1) is 11.5. The van der Waals surface area contributed by atoms with Gasteiger partial charge in [0, 0.05) is 0 Å². The van der Waals surface area contributed by atoms with Gasteiger partial charge in [-0.3, -0.25) is 4.79 Å². The Kier molecular flexibility index (Phi) is 3.30. The zero-order valence-corrected chi connectivity index (χ0v) is 7.34. The number of H-pyrrole nitrogens is 1. The largest absolute Gasteiger partial charge is 0.493 e. The molecule has 5 nitrogen and oxygen atoms in total. The highest BCUT2D eigenvalue weighted by molar-refractivity contribution is 5.05. The van der Waals surface area contributed by atoms with Gasteiger partial charge in [-0.05, 0) is 0 Å². The molecule has 84 valence electrons. The van der Waals surface area contributed by atoms with Crippen LogP contribution in [0.1, 0.15) is 5.82 Å². The number of alkyl halides is 3. The van der Waals surface area contributed by atoms with Crippen LogP contribution in [-0.4, -0.2) is 27.9 Å². The van der Waals surface area contributed by atoms with Crippen molar-refractivity contribution in [3.05, 3.63) is 22.2 Å². The Morgan fingerprint density at radius 1 is 1.53 bits per heavy atom. The van der Waals surface area contributed by atoms with Crippen molar-refractivity contribution in [2.75, 3.05) is 6.61 Å². The van der Waals surface area contributed by atoms with Crippen molar-refractivity contribution >= 4 is 0 Å². The molecule has 8 heteroatoms. The van der Waals surface area contributed by atoms with Crippen molar-refractivity contribution < 1.29 is 23.0 Å². The Bertz CT molecular complexity index is 388. The number of aromatic amines is 1. The molecule has 0 saturated heterocycles. The lowest BCUT2D eigenvalue weighted by molar-refractivity contribution is -0.177. The van der Waals surface area contributed by atoms with E-state index >= 15 is 0 Å². The maximum atomic E-state index is 11.7. The summed E-state index contributed by atoms with van der Waals surface area (Å²) in [6.45, 7) is -1.96. The van der Waals surface area contributed by atoms with Crippen LogP contribution >= 0.6 is 0 Å². The molecule has 0 aliphatic rings. The van der Waals surface area contributed by atoms with Gasteiger partial charge in [-0.25, -0.2) is 0 Å². The average molecular weight is 224 g/mol. The SMILES string of the molecule is O=c1cc(O)nc(COCC(F)(F)F)[nH]1. The third kappa shape index (κ3) is 4.45. The highest BCUT2D eigenvalue weighted by atomic mass is 19.4. The number of hydrogen-bond donors (Lipinski definition) is 2. The van der Waals surface area contributed by atoms with E-state index in [9.17, 15) is 18.0 Å². The van der Waals surface area contributed by atoms with Crippen LogP contribution in [0.25, 0.3) is 0 Å². The maximum Gasteiger partial charge on any atom is 0.411 e. The second-order valence-electron chi connectivity index (χ2n) is 2.66. The van der Waals surface area contributed by atoms with E-state index in [2.05, 4.69) is 14.7 Å². The lowest BCUT2D eigenvalue weighted by Gasteiger charge is -2.06. The highest BCUT2D eigenvalue weighted by Gasteiger charge is 2.27. The van der Waals surface area contributed by atoms with Gasteiger partial charge in [0.1, 0.15) is 19.0 Å². The molecule has 0 aromatic carbocycles. The number of nitrogens with one attached hydrogen (secondary N) is 1. The van der Waals surface area contributed by atoms with E-state index in [1.165, 1.54) is 0 Å². The number of ether oxygens (including phenoxy) is 1. The zero-order chi connectivity index (χ0) is 11.5. The predicted octanol–water partition coefficient (Wildman–Crippen LogP) is 0.554. The standard InChI is InChI=1S/C7H7F3N2O3/c8-7(9,10)3-15-2-4-11-5(13)1-6(14)12-4/h1H,2-3H2,(H2,11,12,13,14). The molecule has 0 atom stereocenters. The smallest absolute Gasteiger partial charge is 0.411 e. The van der Waals surface area contributed by atoms with Crippen LogP contribution < -0.4 is 5.56 Å². The van der Waals surface area contributed by atoms with E-state index in [1.807, 2.05) is 0 Å².